The second-order valence-electron chi connectivity index (χ2n) is 5.23. The highest BCUT2D eigenvalue weighted by molar-refractivity contribution is 5.76. The Balaban J connectivity index is 1.93. The second-order valence-corrected chi connectivity index (χ2v) is 5.23. The van der Waals surface area contributed by atoms with Gasteiger partial charge in [0.15, 0.2) is 5.58 Å². The lowest BCUT2D eigenvalue weighted by Crippen LogP contribution is -2.23. The summed E-state index contributed by atoms with van der Waals surface area (Å²) in [6.07, 6.45) is 1.14. The topological polar surface area (TPSA) is 58.5 Å². The first-order valence-electron chi connectivity index (χ1n) is 6.53. The predicted molar refractivity (Wildman–Crippen MR) is 77.9 cm³/mol. The Morgan fingerprint density at radius 2 is 2.00 bits per heavy atom. The molecule has 0 bridgehead atoms. The Morgan fingerprint density at radius 1 is 1.21 bits per heavy atom. The number of hydrogen-bond donors (Lipinski definition) is 1. The van der Waals surface area contributed by atoms with Gasteiger partial charge in [-0.1, -0.05) is 0 Å². The Morgan fingerprint density at radius 3 is 2.74 bits per heavy atom. The molecular weight excluding hydrogens is 240 g/mol. The molecule has 1 heterocycles. The van der Waals surface area contributed by atoms with E-state index in [0.717, 1.165) is 43.0 Å². The molecule has 0 amide bonds. The highest BCUT2D eigenvalue weighted by atomic mass is 16.3. The largest absolute Gasteiger partial charge is 0.439 e. The molecule has 1 aromatic carbocycles. The van der Waals surface area contributed by atoms with Gasteiger partial charge in [0, 0.05) is 11.8 Å². The van der Waals surface area contributed by atoms with Crippen LogP contribution >= 0.6 is 0 Å². The van der Waals surface area contributed by atoms with E-state index in [1.165, 1.54) is 0 Å². The fourth-order valence-corrected chi connectivity index (χ4v) is 2.02. The first kappa shape index (κ1) is 13.8. The maximum atomic E-state index is 5.73. The fourth-order valence-electron chi connectivity index (χ4n) is 2.02. The first-order chi connectivity index (χ1) is 9.04. The molecule has 0 aliphatic carbocycles. The van der Waals surface area contributed by atoms with Crippen LogP contribution in [-0.2, 0) is 6.54 Å². The zero-order valence-electron chi connectivity index (χ0n) is 11.9. The zero-order chi connectivity index (χ0) is 13.8. The second kappa shape index (κ2) is 6.04. The van der Waals surface area contributed by atoms with Crippen molar-refractivity contribution in [1.29, 1.82) is 0 Å². The number of oxazole rings is 1. The van der Waals surface area contributed by atoms with E-state index in [9.17, 15) is 0 Å². The number of benzene rings is 1. The third-order valence-electron chi connectivity index (χ3n) is 3.01. The van der Waals surface area contributed by atoms with Gasteiger partial charge in [0.05, 0.1) is 6.54 Å². The first-order valence-corrected chi connectivity index (χ1v) is 6.53. The van der Waals surface area contributed by atoms with E-state index in [1.54, 1.807) is 0 Å². The van der Waals surface area contributed by atoms with Crippen LogP contribution in [0.1, 0.15) is 12.3 Å². The molecule has 5 heteroatoms. The number of hydrogen-bond acceptors (Lipinski definition) is 5. The highest BCUT2D eigenvalue weighted by Crippen LogP contribution is 2.19. The maximum Gasteiger partial charge on any atom is 0.209 e. The summed E-state index contributed by atoms with van der Waals surface area (Å²) in [5, 5.41) is 0. The van der Waals surface area contributed by atoms with Crippen LogP contribution in [0.5, 0.6) is 0 Å². The molecule has 2 N–H and O–H groups in total. The van der Waals surface area contributed by atoms with Crippen LogP contribution in [0.4, 0.5) is 5.69 Å². The minimum atomic E-state index is 0.703. The van der Waals surface area contributed by atoms with Gasteiger partial charge in [0.25, 0.3) is 0 Å². The van der Waals surface area contributed by atoms with Crippen molar-refractivity contribution >= 4 is 16.8 Å². The van der Waals surface area contributed by atoms with Crippen molar-refractivity contribution in [3.8, 4) is 0 Å². The van der Waals surface area contributed by atoms with Crippen LogP contribution in [0, 0.1) is 0 Å². The number of nitrogens with two attached hydrogens (primary N) is 1. The van der Waals surface area contributed by atoms with Crippen LogP contribution in [0.25, 0.3) is 11.1 Å². The Kier molecular flexibility index (Phi) is 4.39. The highest BCUT2D eigenvalue weighted by Gasteiger charge is 2.08. The molecule has 104 valence electrons. The van der Waals surface area contributed by atoms with Crippen LogP contribution in [0.3, 0.4) is 0 Å². The quantitative estimate of drug-likeness (QED) is 0.804. The third-order valence-corrected chi connectivity index (χ3v) is 3.01. The molecule has 0 saturated heterocycles. The summed E-state index contributed by atoms with van der Waals surface area (Å²) in [4.78, 5) is 8.87. The number of aromatic nitrogens is 1. The number of nitrogen functional groups attached to an aromatic ring is 1. The molecule has 0 aliphatic heterocycles. The molecule has 0 spiro atoms. The summed E-state index contributed by atoms with van der Waals surface area (Å²) >= 11 is 0. The lowest BCUT2D eigenvalue weighted by atomic mass is 10.3. The smallest absolute Gasteiger partial charge is 0.209 e. The minimum Gasteiger partial charge on any atom is -0.439 e. The lowest BCUT2D eigenvalue weighted by Gasteiger charge is -2.16. The Labute approximate surface area is 114 Å². The van der Waals surface area contributed by atoms with E-state index >= 15 is 0 Å². The molecule has 0 atom stereocenters. The van der Waals surface area contributed by atoms with Gasteiger partial charge >= 0.3 is 0 Å². The van der Waals surface area contributed by atoms with Crippen molar-refractivity contribution in [1.82, 2.24) is 14.8 Å². The lowest BCUT2D eigenvalue weighted by molar-refractivity contribution is 0.271. The molecule has 2 rings (SSSR count). The molecule has 19 heavy (non-hydrogen) atoms. The van der Waals surface area contributed by atoms with Gasteiger partial charge in [-0.3, -0.25) is 4.90 Å². The number of rotatable bonds is 6. The van der Waals surface area contributed by atoms with E-state index in [1.807, 2.05) is 18.2 Å². The standard InChI is InChI=1S/C14H22N4O/c1-17(2)7-4-8-18(3)10-14-16-12-6-5-11(15)9-13(12)19-14/h5-6,9H,4,7-8,10,15H2,1-3H3. The molecule has 0 unspecified atom stereocenters. The van der Waals surface area contributed by atoms with E-state index in [4.69, 9.17) is 10.2 Å². The van der Waals surface area contributed by atoms with Crippen molar-refractivity contribution in [2.24, 2.45) is 0 Å². The molecule has 0 radical (unpaired) electrons. The molecule has 1 aromatic heterocycles. The van der Waals surface area contributed by atoms with Crippen molar-refractivity contribution in [2.75, 3.05) is 40.0 Å². The van der Waals surface area contributed by atoms with Crippen molar-refractivity contribution in [3.63, 3.8) is 0 Å². The zero-order valence-corrected chi connectivity index (χ0v) is 11.9. The van der Waals surface area contributed by atoms with Gasteiger partial charge in [-0.15, -0.1) is 0 Å². The molecule has 5 nitrogen and oxygen atoms in total. The Bertz CT molecular complexity index is 535. The van der Waals surface area contributed by atoms with E-state index in [0.29, 0.717) is 5.69 Å². The summed E-state index contributed by atoms with van der Waals surface area (Å²) < 4.78 is 5.70. The number of fused-ring (bicyclic) bond motifs is 1. The number of anilines is 1. The SMILES string of the molecule is CN(C)CCCN(C)Cc1nc2ccc(N)cc2o1. The molecule has 0 saturated carbocycles. The summed E-state index contributed by atoms with van der Waals surface area (Å²) in [6.45, 7) is 2.84. The van der Waals surface area contributed by atoms with Crippen molar-refractivity contribution in [3.05, 3.63) is 24.1 Å². The van der Waals surface area contributed by atoms with Gasteiger partial charge in [-0.05, 0) is 52.8 Å². The molecule has 0 aliphatic rings. The molecule has 2 aromatic rings. The normalized spacial score (nSPS) is 11.8. The maximum absolute atomic E-state index is 5.73. The number of nitrogens with zero attached hydrogens (tertiary/aromatic N) is 3. The van der Waals surface area contributed by atoms with E-state index in [-0.39, 0.29) is 0 Å². The average Bonchev–Trinajstić information content (AvgIpc) is 2.69. The van der Waals surface area contributed by atoms with Crippen LogP contribution in [0.15, 0.2) is 22.6 Å². The summed E-state index contributed by atoms with van der Waals surface area (Å²) in [5.41, 5.74) is 8.06. The van der Waals surface area contributed by atoms with E-state index < -0.39 is 0 Å². The monoisotopic (exact) mass is 262 g/mol. The molecular formula is C14H22N4O. The summed E-state index contributed by atoms with van der Waals surface area (Å²) in [7, 11) is 6.26. The fraction of sp³-hybridized carbons (Fsp3) is 0.500. The summed E-state index contributed by atoms with van der Waals surface area (Å²) in [6, 6.07) is 5.55. The van der Waals surface area contributed by atoms with Crippen LogP contribution in [-0.4, -0.2) is 49.0 Å². The van der Waals surface area contributed by atoms with Crippen LogP contribution < -0.4 is 5.73 Å². The van der Waals surface area contributed by atoms with Gasteiger partial charge < -0.3 is 15.1 Å². The molecule has 0 fully saturated rings. The van der Waals surface area contributed by atoms with Gasteiger partial charge in [-0.2, -0.15) is 0 Å². The van der Waals surface area contributed by atoms with Gasteiger partial charge in [0.1, 0.15) is 5.52 Å². The van der Waals surface area contributed by atoms with Crippen molar-refractivity contribution < 1.29 is 4.42 Å². The minimum absolute atomic E-state index is 0.703. The van der Waals surface area contributed by atoms with Crippen molar-refractivity contribution in [2.45, 2.75) is 13.0 Å². The van der Waals surface area contributed by atoms with Gasteiger partial charge in [-0.25, -0.2) is 4.98 Å². The van der Waals surface area contributed by atoms with Gasteiger partial charge in [0.2, 0.25) is 5.89 Å². The summed E-state index contributed by atoms with van der Waals surface area (Å²) in [5.74, 6) is 0.743. The Hall–Kier alpha value is -1.59. The van der Waals surface area contributed by atoms with Crippen LogP contribution in [0.2, 0.25) is 0 Å². The third kappa shape index (κ3) is 3.94. The predicted octanol–water partition coefficient (Wildman–Crippen LogP) is 1.79. The average molecular weight is 262 g/mol. The van der Waals surface area contributed by atoms with E-state index in [2.05, 4.69) is 35.9 Å².